The molecule has 0 radical (unpaired) electrons. The van der Waals surface area contributed by atoms with Gasteiger partial charge in [0.15, 0.2) is 5.82 Å². The van der Waals surface area contributed by atoms with E-state index in [1.807, 2.05) is 57.7 Å². The molecule has 204 valence electrons. The number of carbonyl (C=O) groups is 1. The van der Waals surface area contributed by atoms with Crippen LogP contribution in [0.2, 0.25) is 5.02 Å². The fourth-order valence-electron chi connectivity index (χ4n) is 5.74. The first-order valence-corrected chi connectivity index (χ1v) is 14.6. The smallest absolute Gasteiger partial charge is 0.410 e. The van der Waals surface area contributed by atoms with E-state index in [2.05, 4.69) is 39.0 Å². The Labute approximate surface area is 247 Å². The standard InChI is InChI=1S/C30H31ClFIN4O2/c1-15-19(9-6-10-21(15)31)23-17(8-7-11-34)12-20-27(24(23)32)35-16(2)25(33)28(20)36-26-18-13-22(26)37(14-18)29(38)39-30(3,4)5/h6,9-10,12,18,22,26H,7-8,13-14H2,1-5H3,(H,35,36)/t18-,22-,26+/m1/s1. The highest BCUT2D eigenvalue weighted by Crippen LogP contribution is 2.46. The van der Waals surface area contributed by atoms with E-state index in [-0.39, 0.29) is 36.0 Å². The van der Waals surface area contributed by atoms with Crippen molar-refractivity contribution in [1.29, 1.82) is 5.26 Å². The van der Waals surface area contributed by atoms with Gasteiger partial charge in [0.05, 0.1) is 33.1 Å². The molecule has 6 rings (SSSR count). The summed E-state index contributed by atoms with van der Waals surface area (Å²) in [5.74, 6) is -0.126. The molecule has 3 fully saturated rings. The summed E-state index contributed by atoms with van der Waals surface area (Å²) in [6.07, 6.45) is 1.27. The fraction of sp³-hybridized carbons (Fsp3) is 0.433. The van der Waals surface area contributed by atoms with Gasteiger partial charge in [-0.05, 0) is 98.9 Å². The van der Waals surface area contributed by atoms with Crippen molar-refractivity contribution >= 4 is 56.9 Å². The number of aromatic nitrogens is 1. The highest BCUT2D eigenvalue weighted by molar-refractivity contribution is 14.1. The van der Waals surface area contributed by atoms with Crippen molar-refractivity contribution in [1.82, 2.24) is 9.88 Å². The van der Waals surface area contributed by atoms with Gasteiger partial charge in [0, 0.05) is 34.9 Å². The summed E-state index contributed by atoms with van der Waals surface area (Å²) in [5, 5.41) is 14.2. The SMILES string of the molecule is Cc1nc2c(F)c(-c3cccc(Cl)c3C)c(CCC#N)cc2c(N[C@H]2[C@@H]3C[C@H]2N(C(=O)OC(C)(C)C)C3)c1I. The molecule has 1 aromatic heterocycles. The number of nitriles is 1. The number of amides is 1. The van der Waals surface area contributed by atoms with E-state index in [0.29, 0.717) is 34.5 Å². The third-order valence-corrected chi connectivity index (χ3v) is 9.42. The zero-order valence-corrected chi connectivity index (χ0v) is 25.6. The third kappa shape index (κ3) is 5.04. The molecular formula is C30H31ClFIN4O2. The van der Waals surface area contributed by atoms with Crippen molar-refractivity contribution < 1.29 is 13.9 Å². The van der Waals surface area contributed by atoms with Gasteiger partial charge in [-0.1, -0.05) is 23.7 Å². The monoisotopic (exact) mass is 660 g/mol. The number of hydrogen-bond donors (Lipinski definition) is 1. The van der Waals surface area contributed by atoms with E-state index in [1.165, 1.54) is 0 Å². The maximum atomic E-state index is 16.5. The Hall–Kier alpha value is -2.64. The number of carbonyl (C=O) groups excluding carboxylic acids is 1. The summed E-state index contributed by atoms with van der Waals surface area (Å²) < 4.78 is 23.0. The number of rotatable bonds is 5. The summed E-state index contributed by atoms with van der Waals surface area (Å²) in [6.45, 7) is 9.99. The molecule has 2 aliphatic heterocycles. The molecule has 39 heavy (non-hydrogen) atoms. The quantitative estimate of drug-likeness (QED) is 0.283. The molecule has 9 heteroatoms. The highest BCUT2D eigenvalue weighted by atomic mass is 127. The van der Waals surface area contributed by atoms with E-state index in [4.69, 9.17) is 16.3 Å². The van der Waals surface area contributed by atoms with E-state index in [0.717, 1.165) is 32.5 Å². The Morgan fingerprint density at radius 1 is 1.36 bits per heavy atom. The first-order valence-electron chi connectivity index (χ1n) is 13.1. The van der Waals surface area contributed by atoms with Crippen molar-refractivity contribution in [3.8, 4) is 17.2 Å². The number of nitrogens with one attached hydrogen (secondary N) is 1. The summed E-state index contributed by atoms with van der Waals surface area (Å²) in [6, 6.07) is 9.67. The number of pyridine rings is 1. The molecule has 6 nitrogen and oxygen atoms in total. The van der Waals surface area contributed by atoms with Crippen LogP contribution in [0.25, 0.3) is 22.0 Å². The lowest BCUT2D eigenvalue weighted by Crippen LogP contribution is -2.50. The van der Waals surface area contributed by atoms with Crippen LogP contribution in [0.4, 0.5) is 14.9 Å². The number of anilines is 1. The largest absolute Gasteiger partial charge is 0.444 e. The van der Waals surface area contributed by atoms with Gasteiger partial charge in [-0.25, -0.2) is 14.2 Å². The van der Waals surface area contributed by atoms with Crippen LogP contribution in [0.3, 0.4) is 0 Å². The Morgan fingerprint density at radius 2 is 2.10 bits per heavy atom. The average Bonchev–Trinajstić information content (AvgIpc) is 3.46. The Balaban J connectivity index is 1.59. The molecule has 3 aliphatic rings. The third-order valence-electron chi connectivity index (χ3n) is 7.69. The topological polar surface area (TPSA) is 78.3 Å². The van der Waals surface area contributed by atoms with E-state index >= 15 is 4.39 Å². The molecule has 0 unspecified atom stereocenters. The first-order chi connectivity index (χ1) is 18.4. The van der Waals surface area contributed by atoms with Gasteiger partial charge in [0.25, 0.3) is 0 Å². The maximum absolute atomic E-state index is 16.5. The van der Waals surface area contributed by atoms with Crippen LogP contribution in [-0.4, -0.2) is 40.2 Å². The number of aryl methyl sites for hydroxylation is 2. The highest BCUT2D eigenvalue weighted by Gasteiger charge is 2.55. The van der Waals surface area contributed by atoms with E-state index in [1.54, 1.807) is 6.07 Å². The number of benzene rings is 2. The second-order valence-electron chi connectivity index (χ2n) is 11.4. The van der Waals surface area contributed by atoms with Crippen molar-refractivity contribution in [3.05, 3.63) is 55.5 Å². The lowest BCUT2D eigenvalue weighted by atomic mass is 9.79. The Bertz CT molecular complexity index is 1530. The summed E-state index contributed by atoms with van der Waals surface area (Å²) >= 11 is 8.66. The van der Waals surface area contributed by atoms with Crippen LogP contribution in [0, 0.1) is 40.5 Å². The normalized spacial score (nSPS) is 20.1. The zero-order valence-electron chi connectivity index (χ0n) is 22.7. The van der Waals surface area contributed by atoms with Crippen molar-refractivity contribution in [2.45, 2.75) is 71.6 Å². The minimum Gasteiger partial charge on any atom is -0.444 e. The summed E-state index contributed by atoms with van der Waals surface area (Å²) in [7, 11) is 0. The molecule has 1 amide bonds. The molecular weight excluding hydrogens is 630 g/mol. The lowest BCUT2D eigenvalue weighted by molar-refractivity contribution is 0.0239. The minimum absolute atomic E-state index is 0.0143. The minimum atomic E-state index is -0.558. The van der Waals surface area contributed by atoms with Crippen LogP contribution in [-0.2, 0) is 11.2 Å². The molecule has 3 atom stereocenters. The van der Waals surface area contributed by atoms with Crippen LogP contribution < -0.4 is 5.32 Å². The second-order valence-corrected chi connectivity index (χ2v) is 12.9. The lowest BCUT2D eigenvalue weighted by Gasteiger charge is -2.38. The van der Waals surface area contributed by atoms with Crippen molar-refractivity contribution in [2.24, 2.45) is 5.92 Å². The fourth-order valence-corrected chi connectivity index (χ4v) is 6.48. The first kappa shape index (κ1) is 27.9. The predicted octanol–water partition coefficient (Wildman–Crippen LogP) is 7.79. The van der Waals surface area contributed by atoms with E-state index in [9.17, 15) is 10.1 Å². The molecule has 3 heterocycles. The summed E-state index contributed by atoms with van der Waals surface area (Å²) in [4.78, 5) is 19.3. The van der Waals surface area contributed by atoms with Gasteiger partial charge in [0.2, 0.25) is 0 Å². The average molecular weight is 661 g/mol. The van der Waals surface area contributed by atoms with Crippen LogP contribution in [0.5, 0.6) is 0 Å². The van der Waals surface area contributed by atoms with Gasteiger partial charge < -0.3 is 15.0 Å². The maximum Gasteiger partial charge on any atom is 0.410 e. The van der Waals surface area contributed by atoms with Gasteiger partial charge in [-0.2, -0.15) is 5.26 Å². The van der Waals surface area contributed by atoms with E-state index < -0.39 is 11.4 Å². The molecule has 2 aromatic carbocycles. The van der Waals surface area contributed by atoms with Gasteiger partial charge in [0.1, 0.15) is 11.1 Å². The van der Waals surface area contributed by atoms with Gasteiger partial charge in [-0.15, -0.1) is 0 Å². The van der Waals surface area contributed by atoms with Crippen LogP contribution in [0.15, 0.2) is 24.3 Å². The molecule has 1 N–H and O–H groups in total. The molecule has 3 aromatic rings. The predicted molar refractivity (Wildman–Crippen MR) is 161 cm³/mol. The molecule has 2 bridgehead atoms. The number of fused-ring (bicyclic) bond motifs is 2. The van der Waals surface area contributed by atoms with Crippen LogP contribution in [0.1, 0.15) is 50.4 Å². The van der Waals surface area contributed by atoms with Gasteiger partial charge >= 0.3 is 6.09 Å². The molecule has 2 saturated heterocycles. The number of halogens is 3. The number of nitrogens with zero attached hydrogens (tertiary/aromatic N) is 3. The number of hydrogen-bond acceptors (Lipinski definition) is 5. The molecule has 1 saturated carbocycles. The Kier molecular flexibility index (Phi) is 7.44. The van der Waals surface area contributed by atoms with Crippen LogP contribution >= 0.6 is 34.2 Å². The number of ether oxygens (including phenoxy) is 1. The van der Waals surface area contributed by atoms with Crippen molar-refractivity contribution in [2.75, 3.05) is 11.9 Å². The van der Waals surface area contributed by atoms with Crippen molar-refractivity contribution in [3.63, 3.8) is 0 Å². The second kappa shape index (κ2) is 10.4. The zero-order chi connectivity index (χ0) is 28.2. The molecule has 0 spiro atoms. The summed E-state index contributed by atoms with van der Waals surface area (Å²) in [5.41, 5.74) is 3.92. The Morgan fingerprint density at radius 3 is 2.79 bits per heavy atom. The molecule has 1 aliphatic carbocycles. The van der Waals surface area contributed by atoms with Gasteiger partial charge in [-0.3, -0.25) is 0 Å².